The third-order valence-electron chi connectivity index (χ3n) is 3.15. The van der Waals surface area contributed by atoms with Gasteiger partial charge < -0.3 is 0 Å². The SMILES string of the molecule is Cc1ccc(S(=O)(=O)N(C)C)cc1NS(=O)(=O)c1cc(Cl)sc1Cl. The first kappa shape index (κ1) is 19.5. The summed E-state index contributed by atoms with van der Waals surface area (Å²) >= 11 is 12.6. The van der Waals surface area contributed by atoms with Crippen LogP contribution < -0.4 is 4.72 Å². The van der Waals surface area contributed by atoms with Crippen LogP contribution in [-0.2, 0) is 20.0 Å². The van der Waals surface area contributed by atoms with Crippen LogP contribution in [0.4, 0.5) is 5.69 Å². The molecule has 0 aliphatic heterocycles. The second-order valence-corrected chi connectivity index (χ2v) is 11.1. The summed E-state index contributed by atoms with van der Waals surface area (Å²) in [6, 6.07) is 5.45. The van der Waals surface area contributed by atoms with Crippen LogP contribution in [0, 0.1) is 6.92 Å². The van der Waals surface area contributed by atoms with Crippen LogP contribution in [0.5, 0.6) is 0 Å². The van der Waals surface area contributed by atoms with Crippen molar-refractivity contribution in [1.29, 1.82) is 0 Å². The van der Waals surface area contributed by atoms with Crippen molar-refractivity contribution >= 4 is 60.3 Å². The first-order chi connectivity index (χ1) is 10.9. The molecule has 0 saturated carbocycles. The third kappa shape index (κ3) is 3.87. The molecule has 1 aromatic carbocycles. The van der Waals surface area contributed by atoms with E-state index in [2.05, 4.69) is 4.72 Å². The van der Waals surface area contributed by atoms with Crippen LogP contribution in [0.2, 0.25) is 8.67 Å². The molecule has 0 atom stereocenters. The van der Waals surface area contributed by atoms with E-state index in [1.807, 2.05) is 0 Å². The van der Waals surface area contributed by atoms with Gasteiger partial charge in [0.05, 0.1) is 14.9 Å². The molecule has 0 aliphatic carbocycles. The smallest absolute Gasteiger partial charge is 0.264 e. The molecule has 1 N–H and O–H groups in total. The molecule has 132 valence electrons. The minimum absolute atomic E-state index is 0.0229. The van der Waals surface area contributed by atoms with Crippen molar-refractivity contribution in [2.75, 3.05) is 18.8 Å². The number of halogens is 2. The van der Waals surface area contributed by atoms with Gasteiger partial charge in [0.15, 0.2) is 0 Å². The fourth-order valence-corrected chi connectivity index (χ4v) is 5.99. The number of hydrogen-bond acceptors (Lipinski definition) is 5. The van der Waals surface area contributed by atoms with Crippen molar-refractivity contribution in [3.05, 3.63) is 38.5 Å². The maximum Gasteiger partial charge on any atom is 0.264 e. The Morgan fingerprint density at radius 3 is 2.21 bits per heavy atom. The number of hydrogen-bond donors (Lipinski definition) is 1. The topological polar surface area (TPSA) is 83.6 Å². The van der Waals surface area contributed by atoms with Crippen molar-refractivity contribution in [3.63, 3.8) is 0 Å². The van der Waals surface area contributed by atoms with Crippen LogP contribution in [0.1, 0.15) is 5.56 Å². The summed E-state index contributed by atoms with van der Waals surface area (Å²) in [6.45, 7) is 1.66. The first-order valence-electron chi connectivity index (χ1n) is 6.46. The number of nitrogens with one attached hydrogen (secondary N) is 1. The average molecular weight is 429 g/mol. The summed E-state index contributed by atoms with van der Waals surface area (Å²) < 4.78 is 53.0. The Balaban J connectivity index is 2.49. The van der Waals surface area contributed by atoms with Gasteiger partial charge in [0.1, 0.15) is 9.23 Å². The summed E-state index contributed by atoms with van der Waals surface area (Å²) in [4.78, 5) is -0.176. The highest BCUT2D eigenvalue weighted by Crippen LogP contribution is 2.35. The average Bonchev–Trinajstić information content (AvgIpc) is 2.80. The molecule has 1 heterocycles. The molecule has 0 unspecified atom stereocenters. The second-order valence-electron chi connectivity index (χ2n) is 5.06. The predicted octanol–water partition coefficient (Wildman–Crippen LogP) is 3.41. The Labute approximate surface area is 155 Å². The highest BCUT2D eigenvalue weighted by molar-refractivity contribution is 7.93. The number of benzene rings is 1. The fourth-order valence-electron chi connectivity index (χ4n) is 1.79. The summed E-state index contributed by atoms with van der Waals surface area (Å²) in [5.74, 6) is 0. The van der Waals surface area contributed by atoms with E-state index in [9.17, 15) is 16.8 Å². The summed E-state index contributed by atoms with van der Waals surface area (Å²) in [7, 11) is -4.89. The molecular weight excluding hydrogens is 415 g/mol. The number of thiophene rings is 1. The molecular formula is C13H14Cl2N2O4S3. The number of sulfonamides is 2. The Bertz CT molecular complexity index is 983. The van der Waals surface area contributed by atoms with Crippen molar-refractivity contribution in [1.82, 2.24) is 4.31 Å². The number of aryl methyl sites for hydroxylation is 1. The minimum atomic E-state index is -3.99. The van der Waals surface area contributed by atoms with Crippen molar-refractivity contribution in [2.45, 2.75) is 16.7 Å². The standard InChI is InChI=1S/C13H14Cl2N2O4S3/c1-8-4-5-9(24(20,21)17(2)3)6-10(8)16-23(18,19)11-7-12(14)22-13(11)15/h4-7,16H,1-3H3. The zero-order valence-corrected chi connectivity index (χ0v) is 16.8. The van der Waals surface area contributed by atoms with E-state index in [0.717, 1.165) is 15.6 Å². The van der Waals surface area contributed by atoms with Crippen LogP contribution in [0.25, 0.3) is 0 Å². The highest BCUT2D eigenvalue weighted by Gasteiger charge is 2.23. The molecule has 0 amide bonds. The Kier molecular flexibility index (Phi) is 5.53. The van der Waals surface area contributed by atoms with Crippen molar-refractivity contribution in [2.24, 2.45) is 0 Å². The lowest BCUT2D eigenvalue weighted by Crippen LogP contribution is -2.22. The molecule has 0 fully saturated rings. The van der Waals surface area contributed by atoms with E-state index in [1.54, 1.807) is 6.92 Å². The number of anilines is 1. The van der Waals surface area contributed by atoms with Gasteiger partial charge in [0, 0.05) is 14.1 Å². The largest absolute Gasteiger partial charge is 0.279 e. The molecule has 24 heavy (non-hydrogen) atoms. The predicted molar refractivity (Wildman–Crippen MR) is 97.2 cm³/mol. The zero-order valence-electron chi connectivity index (χ0n) is 12.9. The zero-order chi connectivity index (χ0) is 18.3. The van der Waals surface area contributed by atoms with E-state index in [4.69, 9.17) is 23.2 Å². The van der Waals surface area contributed by atoms with Crippen LogP contribution in [0.3, 0.4) is 0 Å². The normalized spacial score (nSPS) is 12.6. The Morgan fingerprint density at radius 2 is 1.71 bits per heavy atom. The molecule has 2 aromatic rings. The van der Waals surface area contributed by atoms with Crippen LogP contribution in [0.15, 0.2) is 34.1 Å². The first-order valence-corrected chi connectivity index (χ1v) is 11.0. The third-order valence-corrected chi connectivity index (χ3v) is 8.08. The molecule has 0 aliphatic rings. The summed E-state index contributed by atoms with van der Waals surface area (Å²) in [5.41, 5.74) is 0.713. The minimum Gasteiger partial charge on any atom is -0.279 e. The fraction of sp³-hybridized carbons (Fsp3) is 0.231. The van der Waals surface area contributed by atoms with Gasteiger partial charge in [0.2, 0.25) is 10.0 Å². The molecule has 0 saturated heterocycles. The number of nitrogens with zero attached hydrogens (tertiary/aromatic N) is 1. The molecule has 0 bridgehead atoms. The summed E-state index contributed by atoms with van der Waals surface area (Å²) in [5, 5.41) is 0. The van der Waals surface area contributed by atoms with Gasteiger partial charge in [0.25, 0.3) is 10.0 Å². The molecule has 2 rings (SSSR count). The van der Waals surface area contributed by atoms with E-state index in [0.29, 0.717) is 5.56 Å². The van der Waals surface area contributed by atoms with Gasteiger partial charge in [-0.1, -0.05) is 29.3 Å². The molecule has 0 spiro atoms. The highest BCUT2D eigenvalue weighted by atomic mass is 35.5. The monoisotopic (exact) mass is 428 g/mol. The number of rotatable bonds is 5. The summed E-state index contributed by atoms with van der Waals surface area (Å²) in [6.07, 6.45) is 0. The van der Waals surface area contributed by atoms with Gasteiger partial charge in [-0.3, -0.25) is 4.72 Å². The maximum atomic E-state index is 12.5. The lowest BCUT2D eigenvalue weighted by atomic mass is 10.2. The van der Waals surface area contributed by atoms with E-state index in [-0.39, 0.29) is 24.2 Å². The van der Waals surface area contributed by atoms with Gasteiger partial charge in [-0.25, -0.2) is 21.1 Å². The van der Waals surface area contributed by atoms with Gasteiger partial charge in [-0.2, -0.15) is 0 Å². The van der Waals surface area contributed by atoms with E-state index >= 15 is 0 Å². The van der Waals surface area contributed by atoms with Crippen LogP contribution >= 0.6 is 34.5 Å². The van der Waals surface area contributed by atoms with E-state index in [1.165, 1.54) is 38.4 Å². The van der Waals surface area contributed by atoms with Gasteiger partial charge >= 0.3 is 0 Å². The molecule has 11 heteroatoms. The van der Waals surface area contributed by atoms with E-state index < -0.39 is 20.0 Å². The maximum absolute atomic E-state index is 12.5. The quantitative estimate of drug-likeness (QED) is 0.790. The van der Waals surface area contributed by atoms with Crippen LogP contribution in [-0.4, -0.2) is 35.2 Å². The Morgan fingerprint density at radius 1 is 1.08 bits per heavy atom. The van der Waals surface area contributed by atoms with Crippen molar-refractivity contribution < 1.29 is 16.8 Å². The van der Waals surface area contributed by atoms with Gasteiger partial charge in [-0.15, -0.1) is 11.3 Å². The van der Waals surface area contributed by atoms with Gasteiger partial charge in [-0.05, 0) is 30.7 Å². The lowest BCUT2D eigenvalue weighted by molar-refractivity contribution is 0.520. The second kappa shape index (κ2) is 6.81. The molecule has 0 radical (unpaired) electrons. The lowest BCUT2D eigenvalue weighted by Gasteiger charge is -2.15. The molecule has 6 nitrogen and oxygen atoms in total. The van der Waals surface area contributed by atoms with Crippen molar-refractivity contribution in [3.8, 4) is 0 Å². The molecule has 1 aromatic heterocycles. The Hall–Kier alpha value is -0.840.